The minimum Gasteiger partial charge on any atom is -0.598 e. The van der Waals surface area contributed by atoms with Crippen molar-refractivity contribution in [3.05, 3.63) is 34.1 Å². The fraction of sp³-hybridized carbons (Fsp3) is 0.538. The third kappa shape index (κ3) is 4.53. The fourth-order valence-corrected chi connectivity index (χ4v) is 2.67. The number of nitrogens with one attached hydrogen (secondary N) is 1. The molecule has 0 aliphatic rings. The minimum absolute atomic E-state index is 0.0168. The molecule has 0 heterocycles. The molecule has 1 rings (SSSR count). The Morgan fingerprint density at radius 1 is 1.44 bits per heavy atom. The highest BCUT2D eigenvalue weighted by atomic mass is 79.9. The average Bonchev–Trinajstić information content (AvgIpc) is 2.23. The third-order valence-corrected chi connectivity index (χ3v) is 5.04. The van der Waals surface area contributed by atoms with Crippen molar-refractivity contribution in [1.29, 1.82) is 0 Å². The molecule has 18 heavy (non-hydrogen) atoms. The molecule has 1 aromatic carbocycles. The van der Waals surface area contributed by atoms with E-state index in [4.69, 9.17) is 0 Å². The second kappa shape index (κ2) is 6.37. The van der Waals surface area contributed by atoms with Gasteiger partial charge < -0.3 is 4.55 Å². The van der Waals surface area contributed by atoms with Crippen LogP contribution in [0.15, 0.2) is 22.7 Å². The van der Waals surface area contributed by atoms with Gasteiger partial charge in [0.05, 0.1) is 10.5 Å². The average molecular weight is 336 g/mol. The summed E-state index contributed by atoms with van der Waals surface area (Å²) in [4.78, 5) is 0. The molecule has 0 amide bonds. The lowest BCUT2D eigenvalue weighted by atomic mass is 10.1. The molecular weight excluding hydrogens is 317 g/mol. The first kappa shape index (κ1) is 16.0. The van der Waals surface area contributed by atoms with Crippen LogP contribution in [-0.2, 0) is 17.8 Å². The zero-order valence-corrected chi connectivity index (χ0v) is 13.5. The Morgan fingerprint density at radius 3 is 2.61 bits per heavy atom. The van der Waals surface area contributed by atoms with E-state index >= 15 is 0 Å². The molecule has 1 N–H and O–H groups in total. The monoisotopic (exact) mass is 335 g/mol. The van der Waals surface area contributed by atoms with Gasteiger partial charge in [0.15, 0.2) is 0 Å². The van der Waals surface area contributed by atoms with Crippen LogP contribution in [0, 0.1) is 5.82 Å². The quantitative estimate of drug-likeness (QED) is 0.853. The van der Waals surface area contributed by atoms with Crippen molar-refractivity contribution < 1.29 is 8.94 Å². The van der Waals surface area contributed by atoms with Crippen LogP contribution < -0.4 is 4.72 Å². The van der Waals surface area contributed by atoms with Gasteiger partial charge in [-0.2, -0.15) is 0 Å². The zero-order valence-electron chi connectivity index (χ0n) is 11.1. The SMILES string of the molecule is C[C@H](Cc1cccc(F)c1Br)N[S@+]([O-])C(C)(C)C. The molecule has 102 valence electrons. The smallest absolute Gasteiger partial charge is 0.137 e. The van der Waals surface area contributed by atoms with E-state index in [-0.39, 0.29) is 16.6 Å². The summed E-state index contributed by atoms with van der Waals surface area (Å²) in [6.07, 6.45) is 0.625. The van der Waals surface area contributed by atoms with Gasteiger partial charge >= 0.3 is 0 Å². The molecule has 2 nitrogen and oxygen atoms in total. The van der Waals surface area contributed by atoms with Gasteiger partial charge in [0.2, 0.25) is 0 Å². The second-order valence-corrected chi connectivity index (χ2v) is 8.11. The lowest BCUT2D eigenvalue weighted by Crippen LogP contribution is -2.44. The van der Waals surface area contributed by atoms with Crippen molar-refractivity contribution in [2.45, 2.75) is 44.9 Å². The molecule has 0 fully saturated rings. The number of benzene rings is 1. The molecule has 1 aromatic rings. The summed E-state index contributed by atoms with van der Waals surface area (Å²) in [6, 6.07) is 4.98. The molecule has 0 aromatic heterocycles. The van der Waals surface area contributed by atoms with Gasteiger partial charge in [-0.3, -0.25) is 0 Å². The molecule has 0 aliphatic heterocycles. The molecule has 2 atom stereocenters. The summed E-state index contributed by atoms with van der Waals surface area (Å²) in [5.74, 6) is -0.267. The molecule has 0 saturated heterocycles. The second-order valence-electron chi connectivity index (χ2n) is 5.32. The molecule has 5 heteroatoms. The van der Waals surface area contributed by atoms with E-state index in [1.54, 1.807) is 6.07 Å². The van der Waals surface area contributed by atoms with E-state index in [1.807, 2.05) is 33.8 Å². The van der Waals surface area contributed by atoms with Gasteiger partial charge in [-0.15, -0.1) is 4.72 Å². The number of hydrogen-bond donors (Lipinski definition) is 1. The molecule has 0 saturated carbocycles. The number of halogens is 2. The van der Waals surface area contributed by atoms with Crippen LogP contribution in [-0.4, -0.2) is 15.3 Å². The summed E-state index contributed by atoms with van der Waals surface area (Å²) in [6.45, 7) is 7.70. The standard InChI is InChI=1S/C13H19BrFNOS/c1-9(16-18(17)13(2,3)4)8-10-6-5-7-11(15)12(10)14/h5-7,9,16H,8H2,1-4H3/t9-,18-/m1/s1. The van der Waals surface area contributed by atoms with Crippen molar-refractivity contribution in [3.63, 3.8) is 0 Å². The first-order valence-corrected chi connectivity index (χ1v) is 7.77. The maximum Gasteiger partial charge on any atom is 0.137 e. The molecule has 0 aliphatic carbocycles. The summed E-state index contributed by atoms with van der Waals surface area (Å²) in [5.41, 5.74) is 0.876. The molecular formula is C13H19BrFNOS. The Bertz CT molecular complexity index is 408. The van der Waals surface area contributed by atoms with Crippen LogP contribution in [0.3, 0.4) is 0 Å². The largest absolute Gasteiger partial charge is 0.598 e. The molecule has 0 bridgehead atoms. The fourth-order valence-electron chi connectivity index (χ4n) is 1.44. The van der Waals surface area contributed by atoms with Gasteiger partial charge in [0, 0.05) is 11.4 Å². The van der Waals surface area contributed by atoms with Crippen molar-refractivity contribution in [3.8, 4) is 0 Å². The van der Waals surface area contributed by atoms with Crippen molar-refractivity contribution >= 4 is 27.3 Å². The van der Waals surface area contributed by atoms with E-state index in [0.29, 0.717) is 10.9 Å². The van der Waals surface area contributed by atoms with E-state index in [2.05, 4.69) is 20.7 Å². The van der Waals surface area contributed by atoms with E-state index in [1.165, 1.54) is 6.07 Å². The van der Waals surface area contributed by atoms with Gasteiger partial charge in [0.25, 0.3) is 0 Å². The van der Waals surface area contributed by atoms with Crippen LogP contribution in [0.2, 0.25) is 0 Å². The highest BCUT2D eigenvalue weighted by molar-refractivity contribution is 9.10. The van der Waals surface area contributed by atoms with Crippen LogP contribution in [0.4, 0.5) is 4.39 Å². The van der Waals surface area contributed by atoms with Crippen LogP contribution in [0.5, 0.6) is 0 Å². The van der Waals surface area contributed by atoms with Crippen LogP contribution in [0.1, 0.15) is 33.3 Å². The van der Waals surface area contributed by atoms with Crippen LogP contribution >= 0.6 is 15.9 Å². The van der Waals surface area contributed by atoms with Crippen molar-refractivity contribution in [2.24, 2.45) is 0 Å². The summed E-state index contributed by atoms with van der Waals surface area (Å²) in [5, 5.41) is 0. The summed E-state index contributed by atoms with van der Waals surface area (Å²) in [7, 11) is 0. The maximum absolute atomic E-state index is 13.4. The van der Waals surface area contributed by atoms with Crippen molar-refractivity contribution in [1.82, 2.24) is 4.72 Å². The molecule has 0 radical (unpaired) electrons. The van der Waals surface area contributed by atoms with Gasteiger partial charge in [-0.1, -0.05) is 12.1 Å². The van der Waals surface area contributed by atoms with Gasteiger partial charge in [-0.05, 0) is 61.7 Å². The zero-order chi connectivity index (χ0) is 13.9. The Morgan fingerprint density at radius 2 is 2.06 bits per heavy atom. The molecule has 0 spiro atoms. The lowest BCUT2D eigenvalue weighted by molar-refractivity contribution is 0.525. The highest BCUT2D eigenvalue weighted by Crippen LogP contribution is 2.22. The Hall–Kier alpha value is -0.100. The Kier molecular flexibility index (Phi) is 5.65. The van der Waals surface area contributed by atoms with Crippen LogP contribution in [0.25, 0.3) is 0 Å². The van der Waals surface area contributed by atoms with E-state index in [0.717, 1.165) is 5.56 Å². The van der Waals surface area contributed by atoms with Crippen molar-refractivity contribution in [2.75, 3.05) is 0 Å². The normalized spacial score (nSPS) is 15.5. The molecule has 0 unspecified atom stereocenters. The van der Waals surface area contributed by atoms with Gasteiger partial charge in [-0.25, -0.2) is 4.39 Å². The predicted octanol–water partition coefficient (Wildman–Crippen LogP) is 3.57. The lowest BCUT2D eigenvalue weighted by Gasteiger charge is -2.26. The number of rotatable bonds is 4. The minimum atomic E-state index is -1.11. The predicted molar refractivity (Wildman–Crippen MR) is 78.3 cm³/mol. The summed E-state index contributed by atoms with van der Waals surface area (Å²) < 4.78 is 28.5. The highest BCUT2D eigenvalue weighted by Gasteiger charge is 2.28. The van der Waals surface area contributed by atoms with Gasteiger partial charge in [0.1, 0.15) is 10.6 Å². The number of hydrogen-bond acceptors (Lipinski definition) is 2. The first-order valence-electron chi connectivity index (χ1n) is 5.82. The third-order valence-electron chi connectivity index (χ3n) is 2.42. The Balaban J connectivity index is 2.65. The first-order chi connectivity index (χ1) is 8.21. The maximum atomic E-state index is 13.4. The Labute approximate surface area is 120 Å². The van der Waals surface area contributed by atoms with E-state index < -0.39 is 11.4 Å². The van der Waals surface area contributed by atoms with E-state index in [9.17, 15) is 8.94 Å². The topological polar surface area (TPSA) is 35.1 Å². The summed E-state index contributed by atoms with van der Waals surface area (Å²) >= 11 is 2.12.